The first-order valence-electron chi connectivity index (χ1n) is 10.4. The maximum atomic E-state index is 12.9. The monoisotopic (exact) mass is 428 g/mol. The molecule has 1 N–H and O–H groups in total. The van der Waals surface area contributed by atoms with E-state index < -0.39 is 0 Å². The summed E-state index contributed by atoms with van der Waals surface area (Å²) < 4.78 is 6.68. The SMILES string of the molecule is Cc1ccccc1-c1noc(-c2cccn(CC(=O)Nc3ccc(C(C)C)cc3)c2=O)n1. The molecule has 162 valence electrons. The second-order valence-corrected chi connectivity index (χ2v) is 7.92. The van der Waals surface area contributed by atoms with E-state index in [-0.39, 0.29) is 29.5 Å². The Bertz CT molecular complexity index is 1300. The molecule has 0 spiro atoms. The van der Waals surface area contributed by atoms with Gasteiger partial charge in [-0.1, -0.05) is 55.4 Å². The minimum atomic E-state index is -0.377. The fourth-order valence-corrected chi connectivity index (χ4v) is 3.40. The van der Waals surface area contributed by atoms with Gasteiger partial charge in [-0.2, -0.15) is 4.98 Å². The van der Waals surface area contributed by atoms with Gasteiger partial charge in [0.05, 0.1) is 0 Å². The summed E-state index contributed by atoms with van der Waals surface area (Å²) in [5, 5.41) is 6.84. The van der Waals surface area contributed by atoms with Crippen LogP contribution in [0.1, 0.15) is 30.9 Å². The van der Waals surface area contributed by atoms with Crippen molar-refractivity contribution in [3.63, 3.8) is 0 Å². The smallest absolute Gasteiger partial charge is 0.263 e. The van der Waals surface area contributed by atoms with E-state index in [4.69, 9.17) is 4.52 Å². The van der Waals surface area contributed by atoms with E-state index in [2.05, 4.69) is 29.3 Å². The van der Waals surface area contributed by atoms with Crippen LogP contribution in [0.2, 0.25) is 0 Å². The molecule has 0 radical (unpaired) electrons. The number of rotatable bonds is 6. The van der Waals surface area contributed by atoms with E-state index in [1.165, 1.54) is 10.1 Å². The second-order valence-electron chi connectivity index (χ2n) is 7.92. The van der Waals surface area contributed by atoms with Crippen molar-refractivity contribution in [1.29, 1.82) is 0 Å². The predicted octanol–water partition coefficient (Wildman–Crippen LogP) is 4.64. The molecule has 32 heavy (non-hydrogen) atoms. The number of anilines is 1. The summed E-state index contributed by atoms with van der Waals surface area (Å²) in [6, 6.07) is 18.6. The van der Waals surface area contributed by atoms with Crippen molar-refractivity contribution in [3.8, 4) is 22.8 Å². The fraction of sp³-hybridized carbons (Fsp3) is 0.200. The first-order chi connectivity index (χ1) is 15.4. The molecule has 0 aliphatic heterocycles. The summed E-state index contributed by atoms with van der Waals surface area (Å²) in [5.74, 6) is 0.646. The van der Waals surface area contributed by atoms with Crippen molar-refractivity contribution in [2.75, 3.05) is 5.32 Å². The van der Waals surface area contributed by atoms with Gasteiger partial charge in [-0.3, -0.25) is 9.59 Å². The number of aromatic nitrogens is 3. The highest BCUT2D eigenvalue weighted by atomic mass is 16.5. The lowest BCUT2D eigenvalue weighted by molar-refractivity contribution is -0.116. The number of hydrogen-bond acceptors (Lipinski definition) is 5. The van der Waals surface area contributed by atoms with Gasteiger partial charge < -0.3 is 14.4 Å². The van der Waals surface area contributed by atoms with Gasteiger partial charge in [0.1, 0.15) is 12.1 Å². The Balaban J connectivity index is 1.52. The summed E-state index contributed by atoms with van der Waals surface area (Å²) >= 11 is 0. The molecule has 1 amide bonds. The van der Waals surface area contributed by atoms with Gasteiger partial charge in [-0.25, -0.2) is 0 Å². The van der Waals surface area contributed by atoms with Crippen LogP contribution in [0.5, 0.6) is 0 Å². The van der Waals surface area contributed by atoms with E-state index in [0.29, 0.717) is 17.4 Å². The first kappa shape index (κ1) is 21.2. The number of nitrogens with one attached hydrogen (secondary N) is 1. The van der Waals surface area contributed by atoms with Gasteiger partial charge >= 0.3 is 0 Å². The van der Waals surface area contributed by atoms with Gasteiger partial charge in [-0.15, -0.1) is 0 Å². The summed E-state index contributed by atoms with van der Waals surface area (Å²) in [5.41, 5.74) is 3.58. The Labute approximate surface area is 185 Å². The zero-order valence-corrected chi connectivity index (χ0v) is 18.2. The number of carbonyl (C=O) groups excluding carboxylic acids is 1. The third-order valence-electron chi connectivity index (χ3n) is 5.24. The van der Waals surface area contributed by atoms with E-state index >= 15 is 0 Å². The number of nitrogens with zero attached hydrogens (tertiary/aromatic N) is 3. The molecule has 0 fully saturated rings. The molecule has 7 nitrogen and oxygen atoms in total. The molecule has 0 aliphatic carbocycles. The maximum Gasteiger partial charge on any atom is 0.263 e. The Hall–Kier alpha value is -4.00. The number of carbonyl (C=O) groups is 1. The van der Waals surface area contributed by atoms with Gasteiger partial charge in [0.2, 0.25) is 11.7 Å². The molecule has 4 aromatic rings. The van der Waals surface area contributed by atoms with E-state index in [1.807, 2.05) is 55.5 Å². The van der Waals surface area contributed by atoms with E-state index in [1.54, 1.807) is 18.3 Å². The summed E-state index contributed by atoms with van der Waals surface area (Å²) in [4.78, 5) is 29.8. The van der Waals surface area contributed by atoms with Gasteiger partial charge in [0, 0.05) is 17.4 Å². The summed E-state index contributed by atoms with van der Waals surface area (Å²) in [7, 11) is 0. The van der Waals surface area contributed by atoms with Crippen LogP contribution in [0.15, 0.2) is 76.2 Å². The van der Waals surface area contributed by atoms with Crippen LogP contribution < -0.4 is 10.9 Å². The van der Waals surface area contributed by atoms with Crippen molar-refractivity contribution in [2.24, 2.45) is 0 Å². The molecule has 0 saturated carbocycles. The molecule has 0 atom stereocenters. The van der Waals surface area contributed by atoms with Crippen LogP contribution >= 0.6 is 0 Å². The van der Waals surface area contributed by atoms with Gasteiger partial charge in [-0.05, 0) is 48.2 Å². The quantitative estimate of drug-likeness (QED) is 0.483. The highest BCUT2D eigenvalue weighted by molar-refractivity contribution is 5.90. The summed E-state index contributed by atoms with van der Waals surface area (Å²) in [6.07, 6.45) is 1.56. The third-order valence-corrected chi connectivity index (χ3v) is 5.24. The van der Waals surface area contributed by atoms with Crippen LogP contribution in [0, 0.1) is 6.92 Å². The largest absolute Gasteiger partial charge is 0.333 e. The van der Waals surface area contributed by atoms with Gasteiger partial charge in [0.15, 0.2) is 0 Å². The highest BCUT2D eigenvalue weighted by Gasteiger charge is 2.16. The molecule has 2 heterocycles. The van der Waals surface area contributed by atoms with E-state index in [0.717, 1.165) is 11.1 Å². The average Bonchev–Trinajstić information content (AvgIpc) is 3.25. The minimum Gasteiger partial charge on any atom is -0.333 e. The van der Waals surface area contributed by atoms with Crippen LogP contribution in [-0.4, -0.2) is 20.6 Å². The van der Waals surface area contributed by atoms with Crippen molar-refractivity contribution < 1.29 is 9.32 Å². The third kappa shape index (κ3) is 4.51. The number of benzene rings is 2. The van der Waals surface area contributed by atoms with Crippen molar-refractivity contribution in [1.82, 2.24) is 14.7 Å². The predicted molar refractivity (Wildman–Crippen MR) is 123 cm³/mol. The molecule has 0 unspecified atom stereocenters. The second kappa shape index (κ2) is 9.01. The standard InChI is InChI=1S/C25H24N4O3/c1-16(2)18-10-12-19(13-11-18)26-22(30)15-29-14-6-9-21(25(29)31)24-27-23(28-32-24)20-8-5-4-7-17(20)3/h4-14,16H,15H2,1-3H3,(H,26,30). The number of aryl methyl sites for hydroxylation is 1. The first-order valence-corrected chi connectivity index (χ1v) is 10.4. The number of pyridine rings is 1. The minimum absolute atomic E-state index is 0.118. The normalized spacial score (nSPS) is 11.0. The Morgan fingerprint density at radius 3 is 2.47 bits per heavy atom. The van der Waals surface area contributed by atoms with Gasteiger partial charge in [0.25, 0.3) is 11.4 Å². The molecule has 4 rings (SSSR count). The van der Waals surface area contributed by atoms with Crippen LogP contribution in [0.25, 0.3) is 22.8 Å². The molecule has 7 heteroatoms. The van der Waals surface area contributed by atoms with Crippen LogP contribution in [0.3, 0.4) is 0 Å². The Kier molecular flexibility index (Phi) is 5.98. The maximum absolute atomic E-state index is 12.9. The van der Waals surface area contributed by atoms with E-state index in [9.17, 15) is 9.59 Å². The lowest BCUT2D eigenvalue weighted by Gasteiger charge is -2.10. The highest BCUT2D eigenvalue weighted by Crippen LogP contribution is 2.23. The molecule has 2 aromatic carbocycles. The van der Waals surface area contributed by atoms with Crippen LogP contribution in [-0.2, 0) is 11.3 Å². The molecular weight excluding hydrogens is 404 g/mol. The molecular formula is C25H24N4O3. The molecule has 0 bridgehead atoms. The van der Waals surface area contributed by atoms with Crippen molar-refractivity contribution in [2.45, 2.75) is 33.2 Å². The molecule has 0 saturated heterocycles. The molecule has 0 aliphatic rings. The number of amides is 1. The fourth-order valence-electron chi connectivity index (χ4n) is 3.40. The van der Waals surface area contributed by atoms with Crippen LogP contribution in [0.4, 0.5) is 5.69 Å². The zero-order chi connectivity index (χ0) is 22.7. The number of hydrogen-bond donors (Lipinski definition) is 1. The Morgan fingerprint density at radius 2 is 1.75 bits per heavy atom. The molecule has 2 aromatic heterocycles. The topological polar surface area (TPSA) is 90.0 Å². The Morgan fingerprint density at radius 1 is 1.03 bits per heavy atom. The zero-order valence-electron chi connectivity index (χ0n) is 18.2. The summed E-state index contributed by atoms with van der Waals surface area (Å²) in [6.45, 7) is 6.05. The van der Waals surface area contributed by atoms with Crippen molar-refractivity contribution >= 4 is 11.6 Å². The average molecular weight is 428 g/mol. The van der Waals surface area contributed by atoms with Crippen molar-refractivity contribution in [3.05, 3.63) is 88.3 Å². The lowest BCUT2D eigenvalue weighted by atomic mass is 10.0. The lowest BCUT2D eigenvalue weighted by Crippen LogP contribution is -2.28.